The topological polar surface area (TPSA) is 87.7 Å². The molecule has 0 amide bonds. The van der Waals surface area contributed by atoms with Crippen molar-refractivity contribution < 1.29 is 14.3 Å². The lowest BCUT2D eigenvalue weighted by molar-refractivity contribution is -0.142. The van der Waals surface area contributed by atoms with Crippen LogP contribution in [0.4, 0.5) is 0 Å². The first-order valence-electron chi connectivity index (χ1n) is 6.14. The van der Waals surface area contributed by atoms with Crippen molar-refractivity contribution in [1.82, 2.24) is 19.2 Å². The summed E-state index contributed by atoms with van der Waals surface area (Å²) in [4.78, 5) is 26.6. The number of esters is 1. The molecule has 0 aliphatic heterocycles. The van der Waals surface area contributed by atoms with E-state index in [2.05, 4.69) is 10.1 Å². The highest BCUT2D eigenvalue weighted by Crippen LogP contribution is 2.04. The average molecular weight is 280 g/mol. The first-order valence-corrected chi connectivity index (χ1v) is 6.14. The van der Waals surface area contributed by atoms with Crippen LogP contribution in [0.2, 0.25) is 0 Å². The van der Waals surface area contributed by atoms with Gasteiger partial charge in [0.05, 0.1) is 6.61 Å². The van der Waals surface area contributed by atoms with E-state index >= 15 is 0 Å². The van der Waals surface area contributed by atoms with Gasteiger partial charge in [0, 0.05) is 18.7 Å². The minimum absolute atomic E-state index is 0.191. The number of rotatable bonds is 5. The zero-order chi connectivity index (χ0) is 14.7. The molecule has 2 rings (SSSR count). The third kappa shape index (κ3) is 3.02. The summed E-state index contributed by atoms with van der Waals surface area (Å²) in [7, 11) is 0. The van der Waals surface area contributed by atoms with E-state index in [-0.39, 0.29) is 31.5 Å². The highest BCUT2D eigenvalue weighted by molar-refractivity contribution is 5.65. The standard InChI is InChI=1S/C12H16N4O4/c1-8-6-11(18)16-12(13-9(2)14-16)15(8)7-19-4-5-20-10(3)17/h6H,4-5,7H2,1-3H3. The molecule has 2 aromatic rings. The SMILES string of the molecule is CC(=O)OCCOCn1c(C)cc(=O)n2nc(C)nc12. The zero-order valence-corrected chi connectivity index (χ0v) is 11.6. The number of carbonyl (C=O) groups excluding carboxylic acids is 1. The first-order chi connectivity index (χ1) is 9.49. The first kappa shape index (κ1) is 14.2. The van der Waals surface area contributed by atoms with Gasteiger partial charge in [-0.25, -0.2) is 0 Å². The van der Waals surface area contributed by atoms with E-state index in [1.165, 1.54) is 17.5 Å². The average Bonchev–Trinajstić information content (AvgIpc) is 2.74. The van der Waals surface area contributed by atoms with Crippen LogP contribution >= 0.6 is 0 Å². The van der Waals surface area contributed by atoms with Crippen LogP contribution in [0.15, 0.2) is 10.9 Å². The Labute approximate surface area is 114 Å². The van der Waals surface area contributed by atoms with Gasteiger partial charge in [-0.2, -0.15) is 9.50 Å². The fourth-order valence-electron chi connectivity index (χ4n) is 1.76. The molecule has 0 radical (unpaired) electrons. The minimum atomic E-state index is -0.344. The molecule has 0 N–H and O–H groups in total. The van der Waals surface area contributed by atoms with E-state index in [0.29, 0.717) is 11.6 Å². The number of aromatic nitrogens is 4. The summed E-state index contributed by atoms with van der Waals surface area (Å²) in [5.74, 6) is 0.602. The zero-order valence-electron chi connectivity index (χ0n) is 11.6. The van der Waals surface area contributed by atoms with Gasteiger partial charge in [-0.1, -0.05) is 0 Å². The molecule has 0 aliphatic carbocycles. The summed E-state index contributed by atoms with van der Waals surface area (Å²) in [5.41, 5.74) is 0.497. The molecule has 0 saturated heterocycles. The van der Waals surface area contributed by atoms with E-state index in [1.54, 1.807) is 18.4 Å². The Balaban J connectivity index is 2.13. The molecule has 8 heteroatoms. The van der Waals surface area contributed by atoms with Crippen molar-refractivity contribution in [3.63, 3.8) is 0 Å². The maximum Gasteiger partial charge on any atom is 0.302 e. The van der Waals surface area contributed by atoms with Gasteiger partial charge in [0.1, 0.15) is 19.2 Å². The molecule has 0 aromatic carbocycles. The molecule has 0 atom stereocenters. The monoisotopic (exact) mass is 280 g/mol. The molecular formula is C12H16N4O4. The molecule has 0 saturated carbocycles. The number of carbonyl (C=O) groups is 1. The van der Waals surface area contributed by atoms with Crippen LogP contribution in [0.1, 0.15) is 18.4 Å². The predicted octanol–water partition coefficient (Wildman–Crippen LogP) is 0.0450. The van der Waals surface area contributed by atoms with Gasteiger partial charge in [-0.05, 0) is 13.8 Å². The summed E-state index contributed by atoms with van der Waals surface area (Å²) in [6.45, 7) is 5.51. The van der Waals surface area contributed by atoms with E-state index in [4.69, 9.17) is 9.47 Å². The van der Waals surface area contributed by atoms with Crippen LogP contribution in [0, 0.1) is 13.8 Å². The van der Waals surface area contributed by atoms with Crippen LogP contribution in [-0.4, -0.2) is 38.3 Å². The summed E-state index contributed by atoms with van der Waals surface area (Å²) in [5, 5.41) is 4.03. The van der Waals surface area contributed by atoms with E-state index in [0.717, 1.165) is 5.69 Å². The Morgan fingerprint density at radius 2 is 2.10 bits per heavy atom. The molecule has 0 unspecified atom stereocenters. The highest BCUT2D eigenvalue weighted by Gasteiger charge is 2.10. The number of fused-ring (bicyclic) bond motifs is 1. The third-order valence-corrected chi connectivity index (χ3v) is 2.66. The van der Waals surface area contributed by atoms with Gasteiger partial charge in [0.15, 0.2) is 0 Å². The van der Waals surface area contributed by atoms with Crippen molar-refractivity contribution in [2.75, 3.05) is 13.2 Å². The molecule has 20 heavy (non-hydrogen) atoms. The van der Waals surface area contributed by atoms with Crippen molar-refractivity contribution in [3.05, 3.63) is 27.9 Å². The van der Waals surface area contributed by atoms with Crippen molar-refractivity contribution in [3.8, 4) is 0 Å². The lowest BCUT2D eigenvalue weighted by atomic mass is 10.4. The number of nitrogens with zero attached hydrogens (tertiary/aromatic N) is 4. The van der Waals surface area contributed by atoms with Gasteiger partial charge < -0.3 is 9.47 Å². The molecule has 2 heterocycles. The maximum atomic E-state index is 11.8. The second kappa shape index (κ2) is 5.83. The largest absolute Gasteiger partial charge is 0.463 e. The Morgan fingerprint density at radius 3 is 2.80 bits per heavy atom. The summed E-state index contributed by atoms with van der Waals surface area (Å²) in [6.07, 6.45) is 0. The van der Waals surface area contributed by atoms with Crippen molar-refractivity contribution in [2.45, 2.75) is 27.5 Å². The summed E-state index contributed by atoms with van der Waals surface area (Å²) in [6, 6.07) is 1.47. The Bertz CT molecular complexity index is 689. The Kier molecular flexibility index (Phi) is 4.14. The number of aryl methyl sites for hydroxylation is 2. The molecule has 0 fully saturated rings. The van der Waals surface area contributed by atoms with Crippen LogP contribution in [0.3, 0.4) is 0 Å². The second-order valence-electron chi connectivity index (χ2n) is 4.30. The van der Waals surface area contributed by atoms with Crippen LogP contribution < -0.4 is 5.56 Å². The fourth-order valence-corrected chi connectivity index (χ4v) is 1.76. The lowest BCUT2D eigenvalue weighted by Gasteiger charge is -2.11. The molecule has 0 spiro atoms. The molecular weight excluding hydrogens is 264 g/mol. The molecule has 0 bridgehead atoms. The normalized spacial score (nSPS) is 10.9. The van der Waals surface area contributed by atoms with Crippen LogP contribution in [0.25, 0.3) is 5.78 Å². The number of ether oxygens (including phenoxy) is 2. The van der Waals surface area contributed by atoms with Gasteiger partial charge in [-0.15, -0.1) is 5.10 Å². The summed E-state index contributed by atoms with van der Waals surface area (Å²) < 4.78 is 13.1. The molecule has 2 aromatic heterocycles. The van der Waals surface area contributed by atoms with E-state index < -0.39 is 0 Å². The predicted molar refractivity (Wildman–Crippen MR) is 69.3 cm³/mol. The van der Waals surface area contributed by atoms with Crippen LogP contribution in [-0.2, 0) is 21.0 Å². The molecule has 0 aliphatic rings. The minimum Gasteiger partial charge on any atom is -0.463 e. The fraction of sp³-hybridized carbons (Fsp3) is 0.500. The Morgan fingerprint density at radius 1 is 1.35 bits per heavy atom. The highest BCUT2D eigenvalue weighted by atomic mass is 16.6. The quantitative estimate of drug-likeness (QED) is 0.568. The van der Waals surface area contributed by atoms with Crippen molar-refractivity contribution in [1.29, 1.82) is 0 Å². The van der Waals surface area contributed by atoms with Gasteiger partial charge in [0.25, 0.3) is 5.56 Å². The van der Waals surface area contributed by atoms with E-state index in [1.807, 2.05) is 0 Å². The van der Waals surface area contributed by atoms with Crippen LogP contribution in [0.5, 0.6) is 0 Å². The van der Waals surface area contributed by atoms with Crippen molar-refractivity contribution in [2.24, 2.45) is 0 Å². The van der Waals surface area contributed by atoms with Gasteiger partial charge in [-0.3, -0.25) is 14.2 Å². The lowest BCUT2D eigenvalue weighted by Crippen LogP contribution is -2.21. The molecule has 8 nitrogen and oxygen atoms in total. The smallest absolute Gasteiger partial charge is 0.302 e. The van der Waals surface area contributed by atoms with E-state index in [9.17, 15) is 9.59 Å². The van der Waals surface area contributed by atoms with Crippen molar-refractivity contribution >= 4 is 11.7 Å². The number of hydrogen-bond acceptors (Lipinski definition) is 6. The second-order valence-corrected chi connectivity index (χ2v) is 4.30. The number of hydrogen-bond donors (Lipinski definition) is 0. The maximum absolute atomic E-state index is 11.8. The summed E-state index contributed by atoms with van der Waals surface area (Å²) >= 11 is 0. The molecule has 108 valence electrons. The van der Waals surface area contributed by atoms with Gasteiger partial charge >= 0.3 is 5.97 Å². The Hall–Kier alpha value is -2.22. The van der Waals surface area contributed by atoms with Gasteiger partial charge in [0.2, 0.25) is 5.78 Å². The third-order valence-electron chi connectivity index (χ3n) is 2.66.